The van der Waals surface area contributed by atoms with E-state index >= 15 is 0 Å². The van der Waals surface area contributed by atoms with Crippen LogP contribution in [0.4, 0.5) is 4.20 Å². The second-order valence-electron chi connectivity index (χ2n) is 3.29. The first-order valence-electron chi connectivity index (χ1n) is 4.99. The molecule has 0 heterocycles. The predicted molar refractivity (Wildman–Crippen MR) is 53.9 cm³/mol. The molecule has 0 aliphatic carbocycles. The Bertz CT molecular complexity index is 169. The van der Waals surface area contributed by atoms with Crippen molar-refractivity contribution in [2.75, 3.05) is 12.8 Å². The molecule has 1 unspecified atom stereocenters. The van der Waals surface area contributed by atoms with Gasteiger partial charge < -0.3 is 4.52 Å². The molecular weight excluding hydrogens is 190 g/mol. The maximum absolute atomic E-state index is 13.1. The Labute approximate surface area is 80.4 Å². The Morgan fingerprint density at radius 2 is 1.85 bits per heavy atom. The van der Waals surface area contributed by atoms with E-state index in [1.54, 1.807) is 6.92 Å². The molecule has 0 bridgehead atoms. The van der Waals surface area contributed by atoms with E-state index in [4.69, 9.17) is 4.52 Å². The largest absolute Gasteiger partial charge is 0.367 e. The summed E-state index contributed by atoms with van der Waals surface area (Å²) >= 11 is 0. The van der Waals surface area contributed by atoms with Crippen LogP contribution in [0.15, 0.2) is 0 Å². The van der Waals surface area contributed by atoms with Crippen molar-refractivity contribution in [3.63, 3.8) is 0 Å². The summed E-state index contributed by atoms with van der Waals surface area (Å²) in [4.78, 5) is 0. The van der Waals surface area contributed by atoms with Gasteiger partial charge >= 0.3 is 7.68 Å². The minimum Gasteiger partial charge on any atom is -0.305 e. The van der Waals surface area contributed by atoms with Gasteiger partial charge in [0.15, 0.2) is 0 Å². The van der Waals surface area contributed by atoms with Gasteiger partial charge in [-0.15, -0.1) is 0 Å². The first-order valence-corrected chi connectivity index (χ1v) is 6.69. The zero-order valence-electron chi connectivity index (χ0n) is 8.75. The highest BCUT2D eigenvalue weighted by Gasteiger charge is 2.21. The van der Waals surface area contributed by atoms with Crippen molar-refractivity contribution in [2.24, 2.45) is 5.92 Å². The summed E-state index contributed by atoms with van der Waals surface area (Å²) in [7, 11) is -3.77. The number of rotatable bonds is 7. The quantitative estimate of drug-likeness (QED) is 0.593. The Morgan fingerprint density at radius 3 is 2.23 bits per heavy atom. The molecule has 0 spiro atoms. The highest BCUT2D eigenvalue weighted by molar-refractivity contribution is 7.53. The molecule has 80 valence electrons. The van der Waals surface area contributed by atoms with Gasteiger partial charge in [0, 0.05) is 0 Å². The highest BCUT2D eigenvalue weighted by Crippen LogP contribution is 2.49. The second kappa shape index (κ2) is 6.56. The van der Waals surface area contributed by atoms with Crippen molar-refractivity contribution in [1.82, 2.24) is 0 Å². The van der Waals surface area contributed by atoms with Gasteiger partial charge in [0.25, 0.3) is 0 Å². The first-order chi connectivity index (χ1) is 6.05. The lowest BCUT2D eigenvalue weighted by Gasteiger charge is -2.14. The third kappa shape index (κ3) is 6.23. The van der Waals surface area contributed by atoms with Gasteiger partial charge in [-0.05, 0) is 12.3 Å². The van der Waals surface area contributed by atoms with Gasteiger partial charge in [0.1, 0.15) is 0 Å². The molecule has 0 radical (unpaired) electrons. The SMILES string of the molecule is CCCP(=O)(F)OCC(CC)CC. The van der Waals surface area contributed by atoms with Crippen molar-refractivity contribution in [1.29, 1.82) is 0 Å². The molecule has 0 aliphatic rings. The van der Waals surface area contributed by atoms with Gasteiger partial charge in [0.05, 0.1) is 12.8 Å². The van der Waals surface area contributed by atoms with Crippen molar-refractivity contribution in [3.05, 3.63) is 0 Å². The summed E-state index contributed by atoms with van der Waals surface area (Å²) in [5, 5.41) is 0. The molecule has 0 amide bonds. The van der Waals surface area contributed by atoms with Crippen LogP contribution in [0.25, 0.3) is 0 Å². The molecule has 4 heteroatoms. The summed E-state index contributed by atoms with van der Waals surface area (Å²) in [6.07, 6.45) is 2.51. The average molecular weight is 210 g/mol. The fourth-order valence-electron chi connectivity index (χ4n) is 1.07. The standard InChI is InChI=1S/C9H20FO2P/c1-4-7-13(10,11)12-8-9(5-2)6-3/h9H,4-8H2,1-3H3. The van der Waals surface area contributed by atoms with Crippen molar-refractivity contribution < 1.29 is 13.3 Å². The van der Waals surface area contributed by atoms with Gasteiger partial charge in [-0.2, -0.15) is 4.20 Å². The minimum atomic E-state index is -3.77. The third-order valence-corrected chi connectivity index (χ3v) is 3.66. The van der Waals surface area contributed by atoms with E-state index in [2.05, 4.69) is 0 Å². The van der Waals surface area contributed by atoms with Gasteiger partial charge in [-0.3, -0.25) is 4.57 Å². The zero-order chi connectivity index (χ0) is 10.3. The number of hydrogen-bond acceptors (Lipinski definition) is 2. The van der Waals surface area contributed by atoms with E-state index in [9.17, 15) is 8.76 Å². The summed E-state index contributed by atoms with van der Waals surface area (Å²) in [5.74, 6) is 0.334. The minimum absolute atomic E-state index is 0.0488. The van der Waals surface area contributed by atoms with E-state index < -0.39 is 7.68 Å². The lowest BCUT2D eigenvalue weighted by atomic mass is 10.1. The Morgan fingerprint density at radius 1 is 1.31 bits per heavy atom. The maximum Gasteiger partial charge on any atom is 0.367 e. The zero-order valence-corrected chi connectivity index (χ0v) is 9.65. The number of halogens is 1. The van der Waals surface area contributed by atoms with Crippen LogP contribution < -0.4 is 0 Å². The van der Waals surface area contributed by atoms with Crippen molar-refractivity contribution in [2.45, 2.75) is 40.0 Å². The van der Waals surface area contributed by atoms with E-state index in [1.807, 2.05) is 13.8 Å². The topological polar surface area (TPSA) is 26.3 Å². The smallest absolute Gasteiger partial charge is 0.305 e. The van der Waals surface area contributed by atoms with E-state index in [0.29, 0.717) is 18.9 Å². The molecular formula is C9H20FO2P. The first kappa shape index (κ1) is 13.1. The van der Waals surface area contributed by atoms with Crippen LogP contribution >= 0.6 is 7.68 Å². The molecule has 0 aliphatic heterocycles. The molecule has 13 heavy (non-hydrogen) atoms. The normalized spacial score (nSPS) is 16.1. The lowest BCUT2D eigenvalue weighted by Crippen LogP contribution is -2.06. The third-order valence-electron chi connectivity index (χ3n) is 2.15. The molecule has 0 aromatic carbocycles. The van der Waals surface area contributed by atoms with Gasteiger partial charge in [0.2, 0.25) is 0 Å². The summed E-state index contributed by atoms with van der Waals surface area (Å²) in [5.41, 5.74) is 0. The van der Waals surface area contributed by atoms with Crippen LogP contribution in [0.2, 0.25) is 0 Å². The van der Waals surface area contributed by atoms with Crippen LogP contribution in [-0.4, -0.2) is 12.8 Å². The maximum atomic E-state index is 13.1. The molecule has 0 aromatic rings. The monoisotopic (exact) mass is 210 g/mol. The van der Waals surface area contributed by atoms with Crippen LogP contribution in [0.3, 0.4) is 0 Å². The van der Waals surface area contributed by atoms with Gasteiger partial charge in [-0.25, -0.2) is 0 Å². The van der Waals surface area contributed by atoms with Crippen LogP contribution in [0.1, 0.15) is 40.0 Å². The van der Waals surface area contributed by atoms with E-state index in [1.165, 1.54) is 0 Å². The molecule has 0 N–H and O–H groups in total. The van der Waals surface area contributed by atoms with Crippen molar-refractivity contribution >= 4 is 7.68 Å². The van der Waals surface area contributed by atoms with Crippen LogP contribution in [0, 0.1) is 5.92 Å². The lowest BCUT2D eigenvalue weighted by molar-refractivity contribution is 0.225. The predicted octanol–water partition coefficient (Wildman–Crippen LogP) is 4.01. The van der Waals surface area contributed by atoms with Crippen molar-refractivity contribution in [3.8, 4) is 0 Å². The Balaban J connectivity index is 3.78. The van der Waals surface area contributed by atoms with Crippen LogP contribution in [0.5, 0.6) is 0 Å². The van der Waals surface area contributed by atoms with E-state index in [0.717, 1.165) is 12.8 Å². The molecule has 0 saturated carbocycles. The highest BCUT2D eigenvalue weighted by atomic mass is 31.2. The Hall–Kier alpha value is 0.120. The summed E-state index contributed by atoms with van der Waals surface area (Å²) in [6, 6.07) is 0. The second-order valence-corrected chi connectivity index (χ2v) is 5.18. The molecule has 0 saturated heterocycles. The van der Waals surface area contributed by atoms with E-state index in [-0.39, 0.29) is 6.16 Å². The summed E-state index contributed by atoms with van der Waals surface area (Å²) < 4.78 is 28.9. The molecule has 0 aromatic heterocycles. The van der Waals surface area contributed by atoms with Gasteiger partial charge in [-0.1, -0.05) is 33.6 Å². The summed E-state index contributed by atoms with van der Waals surface area (Å²) in [6.45, 7) is 6.15. The molecule has 0 fully saturated rings. The fourth-order valence-corrected chi connectivity index (χ4v) is 2.17. The van der Waals surface area contributed by atoms with Crippen LogP contribution in [-0.2, 0) is 9.09 Å². The number of hydrogen-bond donors (Lipinski definition) is 0. The Kier molecular flexibility index (Phi) is 6.62. The average Bonchev–Trinajstić information content (AvgIpc) is 2.06. The fraction of sp³-hybridized carbons (Fsp3) is 1.00. The molecule has 1 atom stereocenters. The molecule has 2 nitrogen and oxygen atoms in total. The molecule has 0 rings (SSSR count).